The molecule has 0 N–H and O–H groups in total. The molecular formula is C16H10O3. The normalized spacial score (nSPS) is 16.6. The Kier molecular flexibility index (Phi) is 2.37. The molecule has 0 radical (unpaired) electrons. The minimum Gasteiger partial charge on any atom is -0.414 e. The molecule has 1 aliphatic heterocycles. The van der Waals surface area contributed by atoms with Crippen LogP contribution in [-0.4, -0.2) is 11.8 Å². The second-order valence-electron chi connectivity index (χ2n) is 4.41. The third-order valence-corrected chi connectivity index (χ3v) is 3.26. The van der Waals surface area contributed by atoms with E-state index in [0.717, 1.165) is 11.1 Å². The maximum atomic E-state index is 12.0. The van der Waals surface area contributed by atoms with E-state index in [1.165, 1.54) is 6.08 Å². The Morgan fingerprint density at radius 3 is 2.58 bits per heavy atom. The smallest absolute Gasteiger partial charge is 0.344 e. The van der Waals surface area contributed by atoms with Crippen LogP contribution in [0.4, 0.5) is 0 Å². The first kappa shape index (κ1) is 11.5. The zero-order valence-corrected chi connectivity index (χ0v) is 10.2. The molecule has 0 fully saturated rings. The molecule has 92 valence electrons. The Bertz CT molecular complexity index is 729. The molecule has 2 aliphatic rings. The van der Waals surface area contributed by atoms with Gasteiger partial charge in [0.15, 0.2) is 11.5 Å². The quantitative estimate of drug-likeness (QED) is 0.524. The first-order valence-electron chi connectivity index (χ1n) is 5.81. The summed E-state index contributed by atoms with van der Waals surface area (Å²) >= 11 is 0. The van der Waals surface area contributed by atoms with Gasteiger partial charge >= 0.3 is 5.97 Å². The molecule has 0 amide bonds. The fourth-order valence-corrected chi connectivity index (χ4v) is 2.29. The summed E-state index contributed by atoms with van der Waals surface area (Å²) in [5.74, 6) is -0.295. The van der Waals surface area contributed by atoms with Crippen molar-refractivity contribution in [3.8, 4) is 0 Å². The van der Waals surface area contributed by atoms with Crippen LogP contribution in [0.1, 0.15) is 38.3 Å². The number of benzene rings is 1. The van der Waals surface area contributed by atoms with Crippen LogP contribution in [0.2, 0.25) is 0 Å². The van der Waals surface area contributed by atoms with Crippen molar-refractivity contribution < 1.29 is 14.3 Å². The number of carbonyl (C=O) groups excluding carboxylic acids is 2. The zero-order valence-electron chi connectivity index (χ0n) is 10.2. The third kappa shape index (κ3) is 1.60. The van der Waals surface area contributed by atoms with Gasteiger partial charge in [-0.2, -0.15) is 0 Å². The van der Waals surface area contributed by atoms with Gasteiger partial charge in [0, 0.05) is 11.1 Å². The van der Waals surface area contributed by atoms with Crippen molar-refractivity contribution in [2.24, 2.45) is 0 Å². The molecule has 3 heteroatoms. The number of cyclic esters (lactones) is 1. The molecule has 0 bridgehead atoms. The van der Waals surface area contributed by atoms with Crippen LogP contribution in [0.15, 0.2) is 43.2 Å². The molecule has 0 aromatic heterocycles. The lowest BCUT2D eigenvalue weighted by atomic mass is 9.93. The molecule has 3 rings (SSSR count). The Hall–Kier alpha value is -2.64. The molecule has 1 heterocycles. The van der Waals surface area contributed by atoms with Crippen LogP contribution in [0.5, 0.6) is 0 Å². The number of ether oxygens (including phenoxy) is 1. The van der Waals surface area contributed by atoms with E-state index >= 15 is 0 Å². The Balaban J connectivity index is 2.33. The monoisotopic (exact) mass is 250 g/mol. The van der Waals surface area contributed by atoms with Crippen molar-refractivity contribution in [1.29, 1.82) is 0 Å². The molecule has 0 saturated carbocycles. The summed E-state index contributed by atoms with van der Waals surface area (Å²) in [7, 11) is 0. The van der Waals surface area contributed by atoms with E-state index < -0.39 is 5.97 Å². The lowest BCUT2D eigenvalue weighted by Crippen LogP contribution is -2.02. The topological polar surface area (TPSA) is 43.4 Å². The number of hydrogen-bond donors (Lipinski definition) is 0. The van der Waals surface area contributed by atoms with Crippen LogP contribution < -0.4 is 0 Å². The predicted octanol–water partition coefficient (Wildman–Crippen LogP) is 3.14. The van der Waals surface area contributed by atoms with E-state index in [4.69, 9.17) is 4.74 Å². The summed E-state index contributed by atoms with van der Waals surface area (Å²) in [4.78, 5) is 23.7. The second-order valence-corrected chi connectivity index (χ2v) is 4.41. The van der Waals surface area contributed by atoms with Crippen LogP contribution in [0, 0.1) is 0 Å². The van der Waals surface area contributed by atoms with Gasteiger partial charge in [-0.3, -0.25) is 4.79 Å². The highest BCUT2D eigenvalue weighted by Crippen LogP contribution is 2.35. The number of allylic oxidation sites excluding steroid dienone is 3. The van der Waals surface area contributed by atoms with Gasteiger partial charge in [-0.25, -0.2) is 4.79 Å². The van der Waals surface area contributed by atoms with Gasteiger partial charge in [0.25, 0.3) is 0 Å². The number of carbonyl (C=O) groups is 2. The van der Waals surface area contributed by atoms with Crippen LogP contribution in [0.3, 0.4) is 0 Å². The number of rotatable bonds is 0. The van der Waals surface area contributed by atoms with E-state index in [1.807, 2.05) is 0 Å². The first-order valence-corrected chi connectivity index (χ1v) is 5.81. The van der Waals surface area contributed by atoms with Crippen molar-refractivity contribution in [3.05, 3.63) is 65.4 Å². The van der Waals surface area contributed by atoms with E-state index in [9.17, 15) is 9.59 Å². The lowest BCUT2D eigenvalue weighted by molar-refractivity contribution is 0.0716. The van der Waals surface area contributed by atoms with Gasteiger partial charge in [-0.15, -0.1) is 0 Å². The van der Waals surface area contributed by atoms with Crippen LogP contribution in [-0.2, 0) is 4.74 Å². The minimum absolute atomic E-state index is 0.125. The minimum atomic E-state index is -0.476. The number of ketones is 1. The van der Waals surface area contributed by atoms with Crippen LogP contribution in [0.25, 0.3) is 11.3 Å². The highest BCUT2D eigenvalue weighted by molar-refractivity contribution is 6.12. The molecule has 0 atom stereocenters. The average Bonchev–Trinajstić information content (AvgIpc) is 2.65. The summed E-state index contributed by atoms with van der Waals surface area (Å²) in [6, 6.07) is 3.33. The van der Waals surface area contributed by atoms with Crippen molar-refractivity contribution >= 4 is 23.1 Å². The van der Waals surface area contributed by atoms with Crippen molar-refractivity contribution in [1.82, 2.24) is 0 Å². The summed E-state index contributed by atoms with van der Waals surface area (Å²) in [6.07, 6.45) is 3.89. The van der Waals surface area contributed by atoms with E-state index in [-0.39, 0.29) is 5.78 Å². The van der Waals surface area contributed by atoms with Crippen molar-refractivity contribution in [3.63, 3.8) is 0 Å². The van der Waals surface area contributed by atoms with Gasteiger partial charge in [0.05, 0.1) is 5.56 Å². The molecule has 1 aromatic carbocycles. The Morgan fingerprint density at radius 2 is 1.84 bits per heavy atom. The van der Waals surface area contributed by atoms with Gasteiger partial charge in [-0.1, -0.05) is 25.0 Å². The maximum Gasteiger partial charge on any atom is 0.344 e. The molecule has 0 spiro atoms. The lowest BCUT2D eigenvalue weighted by Gasteiger charge is -2.08. The summed E-state index contributed by atoms with van der Waals surface area (Å²) in [6.45, 7) is 7.47. The maximum absolute atomic E-state index is 12.0. The highest BCUT2D eigenvalue weighted by atomic mass is 16.5. The Morgan fingerprint density at radius 1 is 1.11 bits per heavy atom. The number of fused-ring (bicyclic) bond motifs is 2. The van der Waals surface area contributed by atoms with Gasteiger partial charge < -0.3 is 4.74 Å². The SMILES string of the molecule is C=C=C1OC(=O)c2cc3c(cc21)C(=C)CC=CC3=O. The number of esters is 1. The van der Waals surface area contributed by atoms with Gasteiger partial charge in [-0.05, 0) is 35.8 Å². The van der Waals surface area contributed by atoms with Crippen molar-refractivity contribution in [2.75, 3.05) is 0 Å². The molecule has 0 saturated heterocycles. The second kappa shape index (κ2) is 3.94. The fourth-order valence-electron chi connectivity index (χ4n) is 2.29. The van der Waals surface area contributed by atoms with E-state index in [2.05, 4.69) is 18.9 Å². The van der Waals surface area contributed by atoms with Gasteiger partial charge in [0.1, 0.15) is 0 Å². The van der Waals surface area contributed by atoms with Crippen molar-refractivity contribution in [2.45, 2.75) is 6.42 Å². The average molecular weight is 250 g/mol. The zero-order chi connectivity index (χ0) is 13.6. The number of hydrogen-bond acceptors (Lipinski definition) is 3. The third-order valence-electron chi connectivity index (χ3n) is 3.26. The molecule has 3 nitrogen and oxygen atoms in total. The van der Waals surface area contributed by atoms with E-state index in [1.54, 1.807) is 18.2 Å². The summed E-state index contributed by atoms with van der Waals surface area (Å²) in [5, 5.41) is 0. The molecular weight excluding hydrogens is 240 g/mol. The van der Waals surface area contributed by atoms with E-state index in [0.29, 0.717) is 28.9 Å². The first-order chi connectivity index (χ1) is 9.11. The Labute approximate surface area is 110 Å². The molecule has 19 heavy (non-hydrogen) atoms. The summed E-state index contributed by atoms with van der Waals surface area (Å²) in [5.41, 5.74) is 5.66. The highest BCUT2D eigenvalue weighted by Gasteiger charge is 2.29. The summed E-state index contributed by atoms with van der Waals surface area (Å²) < 4.78 is 5.05. The standard InChI is InChI=1S/C16H10O3/c1-3-15-12-7-10-9(2)5-4-6-14(17)11(10)8-13(12)16(18)19-15/h4,6-8H,1-2,5H2. The van der Waals surface area contributed by atoms with Gasteiger partial charge in [0.2, 0.25) is 0 Å². The fraction of sp³-hybridized carbons (Fsp3) is 0.0625. The molecule has 0 unspecified atom stereocenters. The predicted molar refractivity (Wildman–Crippen MR) is 71.5 cm³/mol. The largest absolute Gasteiger partial charge is 0.414 e. The van der Waals surface area contributed by atoms with Crippen LogP contribution >= 0.6 is 0 Å². The molecule has 1 aromatic rings. The molecule has 1 aliphatic carbocycles.